The van der Waals surface area contributed by atoms with Crippen LogP contribution in [-0.2, 0) is 11.8 Å². The topological polar surface area (TPSA) is 44.1 Å². The molecule has 5 heteroatoms. The number of carbonyl (C=O) groups excluding carboxylic acids is 1. The predicted octanol–water partition coefficient (Wildman–Crippen LogP) is 1.25. The van der Waals surface area contributed by atoms with E-state index in [1.165, 1.54) is 10.9 Å². The molecule has 0 atom stereocenters. The van der Waals surface area contributed by atoms with Crippen LogP contribution in [0.15, 0.2) is 6.20 Å². The van der Waals surface area contributed by atoms with Crippen molar-refractivity contribution in [3.8, 4) is 0 Å². The molecule has 0 saturated carbocycles. The maximum atomic E-state index is 11.2. The highest BCUT2D eigenvalue weighted by atomic mass is 35.5. The summed E-state index contributed by atoms with van der Waals surface area (Å²) in [7, 11) is 1.64. The average Bonchev–Trinajstić information content (AvgIpc) is 2.32. The molecular formula is C7H9ClN2O2. The summed E-state index contributed by atoms with van der Waals surface area (Å²) in [5.74, 6) is -0.442. The van der Waals surface area contributed by atoms with E-state index in [9.17, 15) is 4.79 Å². The standard InChI is InChI=1S/C7H9ClN2O2/c1-3-12-7(11)6-5(8)4-9-10(6)2/h4H,3H2,1-2H3. The van der Waals surface area contributed by atoms with Gasteiger partial charge in [0, 0.05) is 7.05 Å². The molecule has 0 amide bonds. The van der Waals surface area contributed by atoms with Crippen molar-refractivity contribution in [3.05, 3.63) is 16.9 Å². The Balaban J connectivity index is 2.93. The summed E-state index contributed by atoms with van der Waals surface area (Å²) < 4.78 is 6.15. The number of halogens is 1. The van der Waals surface area contributed by atoms with Gasteiger partial charge in [0.15, 0.2) is 5.69 Å². The highest BCUT2D eigenvalue weighted by Gasteiger charge is 2.15. The van der Waals surface area contributed by atoms with Gasteiger partial charge in [-0.15, -0.1) is 0 Å². The summed E-state index contributed by atoms with van der Waals surface area (Å²) >= 11 is 5.69. The minimum atomic E-state index is -0.442. The predicted molar refractivity (Wildman–Crippen MR) is 44.2 cm³/mol. The van der Waals surface area contributed by atoms with Gasteiger partial charge < -0.3 is 4.74 Å². The third kappa shape index (κ3) is 1.58. The third-order valence-corrected chi connectivity index (χ3v) is 1.64. The summed E-state index contributed by atoms with van der Waals surface area (Å²) in [6, 6.07) is 0. The number of esters is 1. The van der Waals surface area contributed by atoms with Gasteiger partial charge in [0.05, 0.1) is 17.8 Å². The molecule has 1 aromatic heterocycles. The van der Waals surface area contributed by atoms with Crippen LogP contribution in [-0.4, -0.2) is 22.4 Å². The van der Waals surface area contributed by atoms with Crippen molar-refractivity contribution in [3.63, 3.8) is 0 Å². The van der Waals surface area contributed by atoms with Crippen molar-refractivity contribution < 1.29 is 9.53 Å². The van der Waals surface area contributed by atoms with E-state index in [2.05, 4.69) is 5.10 Å². The monoisotopic (exact) mass is 188 g/mol. The van der Waals surface area contributed by atoms with Gasteiger partial charge in [-0.2, -0.15) is 5.10 Å². The van der Waals surface area contributed by atoms with Crippen molar-refractivity contribution in [2.75, 3.05) is 6.61 Å². The number of carbonyl (C=O) groups is 1. The largest absolute Gasteiger partial charge is 0.461 e. The fourth-order valence-electron chi connectivity index (χ4n) is 0.840. The molecule has 0 fully saturated rings. The normalized spacial score (nSPS) is 9.92. The van der Waals surface area contributed by atoms with Crippen LogP contribution in [0.5, 0.6) is 0 Å². The van der Waals surface area contributed by atoms with E-state index in [-0.39, 0.29) is 0 Å². The lowest BCUT2D eigenvalue weighted by Gasteiger charge is -2.01. The number of rotatable bonds is 2. The maximum absolute atomic E-state index is 11.2. The SMILES string of the molecule is CCOC(=O)c1c(Cl)cnn1C. The first kappa shape index (κ1) is 9.06. The molecule has 0 N–H and O–H groups in total. The van der Waals surface area contributed by atoms with Crippen molar-refractivity contribution in [2.45, 2.75) is 6.92 Å². The van der Waals surface area contributed by atoms with E-state index in [0.29, 0.717) is 17.3 Å². The fourth-order valence-corrected chi connectivity index (χ4v) is 1.08. The van der Waals surface area contributed by atoms with Gasteiger partial charge in [-0.1, -0.05) is 11.6 Å². The Labute approximate surface area is 75.1 Å². The van der Waals surface area contributed by atoms with Gasteiger partial charge in [-0.3, -0.25) is 4.68 Å². The molecule has 66 valence electrons. The van der Waals surface area contributed by atoms with Gasteiger partial charge in [0.1, 0.15) is 0 Å². The quantitative estimate of drug-likeness (QED) is 0.657. The van der Waals surface area contributed by atoms with Gasteiger partial charge in [0.2, 0.25) is 0 Å². The number of aromatic nitrogens is 2. The van der Waals surface area contributed by atoms with Crippen LogP contribution in [0.3, 0.4) is 0 Å². The molecule has 12 heavy (non-hydrogen) atoms. The zero-order valence-electron chi connectivity index (χ0n) is 6.87. The van der Waals surface area contributed by atoms with Crippen LogP contribution in [0.4, 0.5) is 0 Å². The second-order valence-electron chi connectivity index (χ2n) is 2.19. The van der Waals surface area contributed by atoms with E-state index in [0.717, 1.165) is 0 Å². The molecule has 1 heterocycles. The molecule has 4 nitrogen and oxygen atoms in total. The molecule has 0 radical (unpaired) electrons. The Bertz CT molecular complexity index is 276. The van der Waals surface area contributed by atoms with Crippen molar-refractivity contribution in [1.29, 1.82) is 0 Å². The van der Waals surface area contributed by atoms with Crippen molar-refractivity contribution in [1.82, 2.24) is 9.78 Å². The number of hydrogen-bond acceptors (Lipinski definition) is 3. The first-order valence-electron chi connectivity index (χ1n) is 3.51. The summed E-state index contributed by atoms with van der Waals surface area (Å²) in [6.07, 6.45) is 1.41. The smallest absolute Gasteiger partial charge is 0.358 e. The Morgan fingerprint density at radius 3 is 2.92 bits per heavy atom. The summed E-state index contributed by atoms with van der Waals surface area (Å²) in [6.45, 7) is 2.07. The molecule has 0 saturated heterocycles. The Morgan fingerprint density at radius 1 is 1.83 bits per heavy atom. The lowest BCUT2D eigenvalue weighted by molar-refractivity contribution is 0.0514. The first-order valence-corrected chi connectivity index (χ1v) is 3.89. The van der Waals surface area contributed by atoms with Crippen molar-refractivity contribution >= 4 is 17.6 Å². The summed E-state index contributed by atoms with van der Waals surface area (Å²) in [4.78, 5) is 11.2. The van der Waals surface area contributed by atoms with Crippen LogP contribution in [0.25, 0.3) is 0 Å². The minimum absolute atomic E-state index is 0.290. The fraction of sp³-hybridized carbons (Fsp3) is 0.429. The van der Waals surface area contributed by atoms with E-state index < -0.39 is 5.97 Å². The number of ether oxygens (including phenoxy) is 1. The highest BCUT2D eigenvalue weighted by Crippen LogP contribution is 2.14. The maximum Gasteiger partial charge on any atom is 0.358 e. The molecular weight excluding hydrogens is 180 g/mol. The van der Waals surface area contributed by atoms with Gasteiger partial charge >= 0.3 is 5.97 Å². The van der Waals surface area contributed by atoms with Gasteiger partial charge in [-0.05, 0) is 6.92 Å². The van der Waals surface area contributed by atoms with E-state index >= 15 is 0 Å². The molecule has 0 spiro atoms. The molecule has 1 aromatic rings. The van der Waals surface area contributed by atoms with Crippen LogP contribution in [0, 0.1) is 0 Å². The van der Waals surface area contributed by atoms with Crippen LogP contribution < -0.4 is 0 Å². The number of hydrogen-bond donors (Lipinski definition) is 0. The molecule has 0 aliphatic carbocycles. The average molecular weight is 189 g/mol. The Kier molecular flexibility index (Phi) is 2.70. The van der Waals surface area contributed by atoms with E-state index in [1.54, 1.807) is 14.0 Å². The first-order chi connectivity index (χ1) is 5.66. The van der Waals surface area contributed by atoms with Crippen LogP contribution in [0.2, 0.25) is 5.02 Å². The molecule has 0 aliphatic rings. The lowest BCUT2D eigenvalue weighted by Crippen LogP contribution is -2.10. The lowest BCUT2D eigenvalue weighted by atomic mass is 10.4. The number of aryl methyl sites for hydroxylation is 1. The minimum Gasteiger partial charge on any atom is -0.461 e. The van der Waals surface area contributed by atoms with Crippen molar-refractivity contribution in [2.24, 2.45) is 7.05 Å². The Hall–Kier alpha value is -1.03. The number of nitrogens with zero attached hydrogens (tertiary/aromatic N) is 2. The van der Waals surface area contributed by atoms with Crippen LogP contribution >= 0.6 is 11.6 Å². The third-order valence-electron chi connectivity index (χ3n) is 1.36. The van der Waals surface area contributed by atoms with Crippen LogP contribution in [0.1, 0.15) is 17.4 Å². The summed E-state index contributed by atoms with van der Waals surface area (Å²) in [5.41, 5.74) is 0.290. The molecule has 0 bridgehead atoms. The zero-order chi connectivity index (χ0) is 9.14. The van der Waals surface area contributed by atoms with E-state index in [4.69, 9.17) is 16.3 Å². The Morgan fingerprint density at radius 2 is 2.50 bits per heavy atom. The zero-order valence-corrected chi connectivity index (χ0v) is 7.63. The second-order valence-corrected chi connectivity index (χ2v) is 2.59. The van der Waals surface area contributed by atoms with E-state index in [1.807, 2.05) is 0 Å². The van der Waals surface area contributed by atoms with Gasteiger partial charge in [-0.25, -0.2) is 4.79 Å². The molecule has 0 aliphatic heterocycles. The molecule has 0 aromatic carbocycles. The highest BCUT2D eigenvalue weighted by molar-refractivity contribution is 6.33. The van der Waals surface area contributed by atoms with Gasteiger partial charge in [0.25, 0.3) is 0 Å². The summed E-state index contributed by atoms with van der Waals surface area (Å²) in [5, 5.41) is 4.12. The molecule has 0 unspecified atom stereocenters. The molecule has 1 rings (SSSR count). The second kappa shape index (κ2) is 3.58.